The van der Waals surface area contributed by atoms with Crippen LogP contribution in [-0.4, -0.2) is 14.5 Å². The Labute approximate surface area is 109 Å². The van der Waals surface area contributed by atoms with Crippen LogP contribution in [0.25, 0.3) is 11.4 Å². The molecular weight excluding hydrogens is 244 g/mol. The molecule has 0 saturated carbocycles. The zero-order chi connectivity index (χ0) is 12.4. The first kappa shape index (κ1) is 11.0. The molecule has 0 aliphatic carbocycles. The van der Waals surface area contributed by atoms with Gasteiger partial charge >= 0.3 is 0 Å². The first-order valence-electron chi connectivity index (χ1n) is 5.58. The van der Waals surface area contributed by atoms with E-state index in [0.717, 1.165) is 28.6 Å². The molecule has 4 nitrogen and oxygen atoms in total. The van der Waals surface area contributed by atoms with E-state index in [0.29, 0.717) is 0 Å². The number of imidazole rings is 1. The van der Waals surface area contributed by atoms with Crippen LogP contribution < -0.4 is 5.73 Å². The molecule has 0 amide bonds. The van der Waals surface area contributed by atoms with Crippen molar-refractivity contribution in [3.8, 4) is 11.4 Å². The largest absolute Gasteiger partial charge is 0.399 e. The lowest BCUT2D eigenvalue weighted by molar-refractivity contribution is 0.800. The summed E-state index contributed by atoms with van der Waals surface area (Å²) in [6.07, 6.45) is 5.57. The van der Waals surface area contributed by atoms with Crippen LogP contribution in [0.2, 0.25) is 0 Å². The number of rotatable bonds is 3. The quantitative estimate of drug-likeness (QED) is 0.733. The van der Waals surface area contributed by atoms with Gasteiger partial charge in [-0.15, -0.1) is 11.3 Å². The van der Waals surface area contributed by atoms with Gasteiger partial charge in [-0.3, -0.25) is 0 Å². The Balaban J connectivity index is 1.96. The van der Waals surface area contributed by atoms with Gasteiger partial charge in [0.15, 0.2) is 0 Å². The highest BCUT2D eigenvalue weighted by atomic mass is 32.1. The second-order valence-electron chi connectivity index (χ2n) is 3.93. The number of thiazole rings is 1. The monoisotopic (exact) mass is 256 g/mol. The van der Waals surface area contributed by atoms with Gasteiger partial charge in [0.25, 0.3) is 0 Å². The van der Waals surface area contributed by atoms with Crippen molar-refractivity contribution in [3.63, 3.8) is 0 Å². The molecule has 5 heteroatoms. The van der Waals surface area contributed by atoms with Crippen LogP contribution in [0.15, 0.2) is 48.2 Å². The molecule has 0 fully saturated rings. The molecule has 2 aromatic heterocycles. The second kappa shape index (κ2) is 4.62. The average molecular weight is 256 g/mol. The van der Waals surface area contributed by atoms with E-state index >= 15 is 0 Å². The minimum absolute atomic E-state index is 0.738. The summed E-state index contributed by atoms with van der Waals surface area (Å²) in [5.41, 5.74) is 7.57. The van der Waals surface area contributed by atoms with Gasteiger partial charge in [0.1, 0.15) is 10.8 Å². The number of benzene rings is 1. The van der Waals surface area contributed by atoms with Crippen molar-refractivity contribution in [2.45, 2.75) is 6.54 Å². The van der Waals surface area contributed by atoms with Gasteiger partial charge in [-0.2, -0.15) is 0 Å². The number of nitrogen functional groups attached to an aromatic ring is 1. The van der Waals surface area contributed by atoms with Crippen molar-refractivity contribution < 1.29 is 0 Å². The van der Waals surface area contributed by atoms with Crippen LogP contribution in [0.4, 0.5) is 5.69 Å². The lowest BCUT2D eigenvalue weighted by Gasteiger charge is -2.06. The molecule has 0 unspecified atom stereocenters. The Bertz CT molecular complexity index is 643. The first-order valence-corrected chi connectivity index (χ1v) is 6.46. The van der Waals surface area contributed by atoms with Crippen LogP contribution in [0.1, 0.15) is 5.01 Å². The fraction of sp³-hybridized carbons (Fsp3) is 0.0769. The molecule has 90 valence electrons. The summed E-state index contributed by atoms with van der Waals surface area (Å²) < 4.78 is 2.08. The van der Waals surface area contributed by atoms with Crippen molar-refractivity contribution in [2.75, 3.05) is 5.73 Å². The van der Waals surface area contributed by atoms with E-state index in [2.05, 4.69) is 14.5 Å². The van der Waals surface area contributed by atoms with E-state index in [4.69, 9.17) is 5.73 Å². The summed E-state index contributed by atoms with van der Waals surface area (Å²) in [4.78, 5) is 8.68. The maximum absolute atomic E-state index is 5.80. The summed E-state index contributed by atoms with van der Waals surface area (Å²) in [6.45, 7) is 0.738. The fourth-order valence-corrected chi connectivity index (χ4v) is 2.47. The molecule has 1 aromatic carbocycles. The zero-order valence-corrected chi connectivity index (χ0v) is 10.5. The molecule has 0 bridgehead atoms. The fourth-order valence-electron chi connectivity index (χ4n) is 1.85. The topological polar surface area (TPSA) is 56.7 Å². The van der Waals surface area contributed by atoms with Crippen molar-refractivity contribution in [1.29, 1.82) is 0 Å². The molecule has 0 spiro atoms. The standard InChI is InChI=1S/C13H12N4S/c14-11-3-1-2-10(8-11)13-16-4-6-17(13)9-12-15-5-7-18-12/h1-8H,9,14H2. The predicted molar refractivity (Wildman–Crippen MR) is 73.3 cm³/mol. The van der Waals surface area contributed by atoms with Crippen LogP contribution in [0.3, 0.4) is 0 Å². The van der Waals surface area contributed by atoms with Crippen LogP contribution >= 0.6 is 11.3 Å². The number of nitrogens with zero attached hydrogens (tertiary/aromatic N) is 3. The second-order valence-corrected chi connectivity index (χ2v) is 4.91. The highest BCUT2D eigenvalue weighted by Gasteiger charge is 2.07. The molecular formula is C13H12N4S. The van der Waals surface area contributed by atoms with Gasteiger partial charge in [0.2, 0.25) is 0 Å². The minimum atomic E-state index is 0.738. The summed E-state index contributed by atoms with van der Waals surface area (Å²) in [6, 6.07) is 7.75. The molecule has 3 aromatic rings. The van der Waals surface area contributed by atoms with Crippen molar-refractivity contribution in [1.82, 2.24) is 14.5 Å². The summed E-state index contributed by atoms with van der Waals surface area (Å²) in [5.74, 6) is 0.914. The highest BCUT2D eigenvalue weighted by molar-refractivity contribution is 7.09. The normalized spacial score (nSPS) is 10.7. The van der Waals surface area contributed by atoms with Gasteiger partial charge in [0.05, 0.1) is 6.54 Å². The number of aromatic nitrogens is 3. The number of hydrogen-bond acceptors (Lipinski definition) is 4. The molecule has 18 heavy (non-hydrogen) atoms. The molecule has 0 atom stereocenters. The van der Waals surface area contributed by atoms with Crippen LogP contribution in [-0.2, 0) is 6.54 Å². The predicted octanol–water partition coefficient (Wildman–Crippen LogP) is 2.64. The Hall–Kier alpha value is -2.14. The van der Waals surface area contributed by atoms with Crippen LogP contribution in [0.5, 0.6) is 0 Å². The molecule has 0 aliphatic rings. The third-order valence-corrected chi connectivity index (χ3v) is 3.41. The molecule has 2 N–H and O–H groups in total. The summed E-state index contributed by atoms with van der Waals surface area (Å²) in [5, 5.41) is 3.05. The van der Waals surface area contributed by atoms with Gasteiger partial charge in [0, 0.05) is 35.2 Å². The van der Waals surface area contributed by atoms with Gasteiger partial charge in [-0.05, 0) is 12.1 Å². The molecule has 3 rings (SSSR count). The summed E-state index contributed by atoms with van der Waals surface area (Å²) >= 11 is 1.64. The Morgan fingerprint density at radius 1 is 1.22 bits per heavy atom. The average Bonchev–Trinajstić information content (AvgIpc) is 3.01. The minimum Gasteiger partial charge on any atom is -0.399 e. The number of hydrogen-bond donors (Lipinski definition) is 1. The van der Waals surface area contributed by atoms with Gasteiger partial charge in [-0.25, -0.2) is 9.97 Å². The van der Waals surface area contributed by atoms with E-state index in [9.17, 15) is 0 Å². The third kappa shape index (κ3) is 2.12. The maximum atomic E-state index is 5.80. The maximum Gasteiger partial charge on any atom is 0.140 e. The van der Waals surface area contributed by atoms with Gasteiger partial charge < -0.3 is 10.3 Å². The molecule has 0 radical (unpaired) electrons. The summed E-state index contributed by atoms with van der Waals surface area (Å²) in [7, 11) is 0. The Kier molecular flexibility index (Phi) is 2.82. The van der Waals surface area contributed by atoms with E-state index in [1.165, 1.54) is 0 Å². The lowest BCUT2D eigenvalue weighted by Crippen LogP contribution is -2.00. The third-order valence-electron chi connectivity index (χ3n) is 2.65. The van der Waals surface area contributed by atoms with E-state index in [1.807, 2.05) is 42.0 Å². The Morgan fingerprint density at radius 2 is 2.17 bits per heavy atom. The molecule has 2 heterocycles. The lowest BCUT2D eigenvalue weighted by atomic mass is 10.2. The van der Waals surface area contributed by atoms with Gasteiger partial charge in [-0.1, -0.05) is 12.1 Å². The number of nitrogens with two attached hydrogens (primary N) is 1. The smallest absolute Gasteiger partial charge is 0.140 e. The SMILES string of the molecule is Nc1cccc(-c2nccn2Cc2nccs2)c1. The zero-order valence-electron chi connectivity index (χ0n) is 9.65. The number of anilines is 1. The first-order chi connectivity index (χ1) is 8.83. The van der Waals surface area contributed by atoms with Crippen molar-refractivity contribution in [3.05, 3.63) is 53.2 Å². The van der Waals surface area contributed by atoms with Crippen LogP contribution in [0, 0.1) is 0 Å². The van der Waals surface area contributed by atoms with E-state index < -0.39 is 0 Å². The van der Waals surface area contributed by atoms with Crippen molar-refractivity contribution in [2.24, 2.45) is 0 Å². The van der Waals surface area contributed by atoms with Crippen molar-refractivity contribution >= 4 is 17.0 Å². The van der Waals surface area contributed by atoms with E-state index in [-0.39, 0.29) is 0 Å². The highest BCUT2D eigenvalue weighted by Crippen LogP contribution is 2.21. The molecule has 0 saturated heterocycles. The molecule has 0 aliphatic heterocycles. The van der Waals surface area contributed by atoms with E-state index in [1.54, 1.807) is 17.5 Å². The Morgan fingerprint density at radius 3 is 2.94 bits per heavy atom.